The molecule has 13 unspecified atom stereocenters. The number of nitrogens with zero attached hydrogens (tertiary/aromatic N) is 1. The molecular formula is C48H79NO11. The van der Waals surface area contributed by atoms with E-state index in [1.54, 1.807) is 21.1 Å². The molecule has 12 heteroatoms. The minimum Gasteiger partial charge on any atom is -0.456 e. The molecule has 1 saturated carbocycles. The second-order valence-electron chi connectivity index (χ2n) is 18.5. The Hall–Kier alpha value is -2.48. The molecule has 12 nitrogen and oxygen atoms in total. The number of ether oxygens (including phenoxy) is 6. The number of hydrogen-bond donors (Lipinski definition) is 1. The largest absolute Gasteiger partial charge is 0.456 e. The SMILES string of the molecule is CCCOC1CCC(C=C(C)C2OC(=O)C3CCCCN3C(=O)C(=O)C3(O)OC(C(OC)CC(C)C/C(C)=C/C(CC)C(=O)CCC2C)C(OC)CC3C)CC1OCCC. The molecule has 3 heterocycles. The van der Waals surface area contributed by atoms with Gasteiger partial charge in [0, 0.05) is 52.2 Å². The Kier molecular flexibility index (Phi) is 19.9. The summed E-state index contributed by atoms with van der Waals surface area (Å²) >= 11 is 0. The number of esters is 1. The van der Waals surface area contributed by atoms with E-state index in [0.29, 0.717) is 64.6 Å². The molecule has 3 fully saturated rings. The molecule has 2 saturated heterocycles. The second kappa shape index (κ2) is 23.8. The summed E-state index contributed by atoms with van der Waals surface area (Å²) in [6.45, 7) is 17.6. The number of rotatable bonds is 11. The topological polar surface area (TPSA) is 147 Å². The number of fused-ring (bicyclic) bond motifs is 3. The maximum Gasteiger partial charge on any atom is 0.329 e. The molecule has 0 aromatic heterocycles. The molecule has 0 spiro atoms. The van der Waals surface area contributed by atoms with Gasteiger partial charge in [0.05, 0.1) is 24.4 Å². The van der Waals surface area contributed by atoms with E-state index in [-0.39, 0.29) is 54.6 Å². The van der Waals surface area contributed by atoms with Gasteiger partial charge in [-0.3, -0.25) is 14.4 Å². The highest BCUT2D eigenvalue weighted by atomic mass is 16.7. The normalized spacial score (nSPS) is 38.4. The van der Waals surface area contributed by atoms with E-state index in [1.165, 1.54) is 4.90 Å². The van der Waals surface area contributed by atoms with Crippen molar-refractivity contribution >= 4 is 23.4 Å². The third kappa shape index (κ3) is 12.8. The van der Waals surface area contributed by atoms with Gasteiger partial charge >= 0.3 is 5.97 Å². The van der Waals surface area contributed by atoms with Crippen LogP contribution in [0.3, 0.4) is 0 Å². The molecule has 4 rings (SSSR count). The lowest BCUT2D eigenvalue weighted by Crippen LogP contribution is -2.64. The predicted octanol–water partition coefficient (Wildman–Crippen LogP) is 7.72. The van der Waals surface area contributed by atoms with Crippen LogP contribution in [0.25, 0.3) is 0 Å². The van der Waals surface area contributed by atoms with Gasteiger partial charge in [-0.05, 0) is 121 Å². The molecule has 1 N–H and O–H groups in total. The summed E-state index contributed by atoms with van der Waals surface area (Å²) in [4.78, 5) is 58.2. The van der Waals surface area contributed by atoms with Crippen LogP contribution in [0.1, 0.15) is 145 Å². The fourth-order valence-corrected chi connectivity index (χ4v) is 10.0. The summed E-state index contributed by atoms with van der Waals surface area (Å²) in [6, 6.07) is -1.03. The number of carbonyl (C=O) groups is 4. The quantitative estimate of drug-likeness (QED) is 0.124. The molecular weight excluding hydrogens is 767 g/mol. The molecule has 342 valence electrons. The molecule has 0 radical (unpaired) electrons. The average Bonchev–Trinajstić information content (AvgIpc) is 3.24. The van der Waals surface area contributed by atoms with Gasteiger partial charge in [0.15, 0.2) is 0 Å². The molecule has 60 heavy (non-hydrogen) atoms. The summed E-state index contributed by atoms with van der Waals surface area (Å²) in [5.74, 6) is -5.95. The third-order valence-corrected chi connectivity index (χ3v) is 13.5. The molecule has 13 atom stereocenters. The first kappa shape index (κ1) is 50.2. The highest BCUT2D eigenvalue weighted by molar-refractivity contribution is 6.39. The van der Waals surface area contributed by atoms with Crippen molar-refractivity contribution in [1.82, 2.24) is 4.90 Å². The number of allylic oxidation sites excluding steroid dienone is 3. The van der Waals surface area contributed by atoms with Crippen molar-refractivity contribution in [3.8, 4) is 0 Å². The predicted molar refractivity (Wildman–Crippen MR) is 230 cm³/mol. The van der Waals surface area contributed by atoms with E-state index in [4.69, 9.17) is 28.4 Å². The van der Waals surface area contributed by atoms with Gasteiger partial charge in [0.1, 0.15) is 24.0 Å². The maximum atomic E-state index is 14.4. The smallest absolute Gasteiger partial charge is 0.329 e. The Labute approximate surface area is 360 Å². The third-order valence-electron chi connectivity index (χ3n) is 13.5. The van der Waals surface area contributed by atoms with Crippen LogP contribution < -0.4 is 0 Å². The first-order chi connectivity index (χ1) is 28.6. The lowest BCUT2D eigenvalue weighted by molar-refractivity contribution is -0.302. The van der Waals surface area contributed by atoms with Crippen LogP contribution >= 0.6 is 0 Å². The Morgan fingerprint density at radius 1 is 0.883 bits per heavy atom. The number of amides is 1. The van der Waals surface area contributed by atoms with Crippen molar-refractivity contribution in [3.63, 3.8) is 0 Å². The van der Waals surface area contributed by atoms with Crippen LogP contribution in [0, 0.1) is 29.6 Å². The number of carbonyl (C=O) groups excluding carboxylic acids is 4. The molecule has 1 aliphatic carbocycles. The van der Waals surface area contributed by atoms with Gasteiger partial charge in [0.2, 0.25) is 5.79 Å². The molecule has 0 aromatic carbocycles. The van der Waals surface area contributed by atoms with E-state index in [0.717, 1.165) is 43.3 Å². The average molecular weight is 846 g/mol. The second-order valence-corrected chi connectivity index (χ2v) is 18.5. The van der Waals surface area contributed by atoms with Crippen molar-refractivity contribution < 1.29 is 52.7 Å². The van der Waals surface area contributed by atoms with Gasteiger partial charge in [-0.25, -0.2) is 4.79 Å². The summed E-state index contributed by atoms with van der Waals surface area (Å²) < 4.78 is 37.1. The summed E-state index contributed by atoms with van der Waals surface area (Å²) in [7, 11) is 3.12. The fourth-order valence-electron chi connectivity index (χ4n) is 10.0. The Bertz CT molecular complexity index is 1480. The summed E-state index contributed by atoms with van der Waals surface area (Å²) in [6.07, 6.45) is 10.7. The zero-order valence-corrected chi connectivity index (χ0v) is 38.6. The lowest BCUT2D eigenvalue weighted by Gasteiger charge is -2.47. The van der Waals surface area contributed by atoms with Crippen molar-refractivity contribution in [2.45, 2.75) is 194 Å². The molecule has 3 aliphatic heterocycles. The fraction of sp³-hybridized carbons (Fsp3) is 0.833. The van der Waals surface area contributed by atoms with Gasteiger partial charge in [-0.15, -0.1) is 0 Å². The van der Waals surface area contributed by atoms with Gasteiger partial charge < -0.3 is 38.4 Å². The minimum absolute atomic E-state index is 0.0356. The summed E-state index contributed by atoms with van der Waals surface area (Å²) in [5.41, 5.74) is 1.98. The van der Waals surface area contributed by atoms with Crippen LogP contribution in [0.2, 0.25) is 0 Å². The lowest BCUT2D eigenvalue weighted by atomic mass is 9.82. The molecule has 0 aromatic rings. The monoisotopic (exact) mass is 846 g/mol. The van der Waals surface area contributed by atoms with Crippen LogP contribution in [0.4, 0.5) is 0 Å². The Balaban J connectivity index is 1.72. The number of cyclic esters (lactones) is 1. The van der Waals surface area contributed by atoms with Crippen LogP contribution in [-0.4, -0.2) is 116 Å². The van der Waals surface area contributed by atoms with Crippen LogP contribution in [0.5, 0.6) is 0 Å². The maximum absolute atomic E-state index is 14.4. The number of piperidine rings is 1. The van der Waals surface area contributed by atoms with Crippen molar-refractivity contribution in [3.05, 3.63) is 23.3 Å². The first-order valence-electron chi connectivity index (χ1n) is 23.2. The van der Waals surface area contributed by atoms with Gasteiger partial charge in [-0.2, -0.15) is 0 Å². The van der Waals surface area contributed by atoms with E-state index in [9.17, 15) is 24.3 Å². The highest BCUT2D eigenvalue weighted by Crippen LogP contribution is 2.39. The van der Waals surface area contributed by atoms with E-state index >= 15 is 0 Å². The molecule has 2 bridgehead atoms. The Morgan fingerprint density at radius 2 is 1.55 bits per heavy atom. The van der Waals surface area contributed by atoms with Crippen molar-refractivity contribution in [2.75, 3.05) is 34.0 Å². The highest BCUT2D eigenvalue weighted by Gasteiger charge is 2.56. The van der Waals surface area contributed by atoms with E-state index in [2.05, 4.69) is 32.9 Å². The number of hydrogen-bond acceptors (Lipinski definition) is 11. The zero-order chi connectivity index (χ0) is 44.1. The van der Waals surface area contributed by atoms with Crippen LogP contribution in [0.15, 0.2) is 23.3 Å². The van der Waals surface area contributed by atoms with Crippen molar-refractivity contribution in [1.29, 1.82) is 0 Å². The molecule has 1 amide bonds. The summed E-state index contributed by atoms with van der Waals surface area (Å²) in [5, 5.41) is 12.1. The molecule has 4 aliphatic rings. The first-order valence-corrected chi connectivity index (χ1v) is 23.2. The van der Waals surface area contributed by atoms with E-state index in [1.807, 2.05) is 27.7 Å². The van der Waals surface area contributed by atoms with E-state index < -0.39 is 59.8 Å². The van der Waals surface area contributed by atoms with Crippen molar-refractivity contribution in [2.24, 2.45) is 29.6 Å². The number of ketones is 2. The number of aliphatic hydroxyl groups is 1. The number of methoxy groups -OCH3 is 2. The number of Topliss-reactive ketones (excluding diaryl/α,β-unsaturated/α-hetero) is 2. The zero-order valence-electron chi connectivity index (χ0n) is 38.6. The minimum atomic E-state index is -2.46. The van der Waals surface area contributed by atoms with Gasteiger partial charge in [-0.1, -0.05) is 59.3 Å². The Morgan fingerprint density at radius 3 is 2.20 bits per heavy atom. The standard InChI is InChI=1S/C48H79NO11/c1-11-22-57-39-20-18-35(29-40(39)58-23-12-2)27-33(7)43-32(6)17-19-38(50)36(13-3)25-30(4)24-31(5)26-41(55-9)44-42(56-10)28-34(8)48(54,60-44)45(51)46(52)49-21-15-14-16-37(49)47(53)59-43/h25,27,31-32,34-37,39-44,54H,11-24,26,28-29H2,1-10H3/b30-25+,33-27?. The van der Waals surface area contributed by atoms with Crippen LogP contribution in [-0.2, 0) is 47.6 Å². The van der Waals surface area contributed by atoms with Gasteiger partial charge in [0.25, 0.3) is 11.7 Å².